The minimum Gasteiger partial charge on any atom is -0.386 e. The Balaban J connectivity index is 2.51. The molecule has 0 unspecified atom stereocenters. The van der Waals surface area contributed by atoms with Crippen molar-refractivity contribution in [1.82, 2.24) is 0 Å². The fraction of sp³-hybridized carbons (Fsp3) is 0.357. The normalized spacial score (nSPS) is 24.3. The number of hydrogen-bond donors (Lipinski definition) is 1. The summed E-state index contributed by atoms with van der Waals surface area (Å²) in [5, 5.41) is 10.3. The van der Waals surface area contributed by atoms with Gasteiger partial charge in [0.05, 0.1) is 6.04 Å². The molecule has 0 aromatic heterocycles. The number of carbonyl (C=O) groups is 1. The zero-order valence-corrected chi connectivity index (χ0v) is 10.1. The van der Waals surface area contributed by atoms with E-state index in [2.05, 4.69) is 6.58 Å². The van der Waals surface area contributed by atoms with E-state index < -0.39 is 6.10 Å². The van der Waals surface area contributed by atoms with Crippen LogP contribution in [0.15, 0.2) is 36.9 Å². The molecule has 1 N–H and O–H groups in total. The van der Waals surface area contributed by atoms with E-state index in [1.807, 2.05) is 31.2 Å². The van der Waals surface area contributed by atoms with Crippen LogP contribution in [0.25, 0.3) is 0 Å². The van der Waals surface area contributed by atoms with Crippen LogP contribution in [0.1, 0.15) is 25.5 Å². The van der Waals surface area contributed by atoms with Gasteiger partial charge in [-0.05, 0) is 12.0 Å². The highest BCUT2D eigenvalue weighted by molar-refractivity contribution is 5.95. The number of aliphatic hydroxyl groups excluding tert-OH is 1. The fourth-order valence-electron chi connectivity index (χ4n) is 2.48. The van der Waals surface area contributed by atoms with Gasteiger partial charge in [-0.25, -0.2) is 0 Å². The Morgan fingerprint density at radius 2 is 2.18 bits per heavy atom. The van der Waals surface area contributed by atoms with Crippen LogP contribution in [0.3, 0.4) is 0 Å². The minimum atomic E-state index is -0.636. The van der Waals surface area contributed by atoms with E-state index in [1.54, 1.807) is 11.0 Å². The molecule has 1 amide bonds. The molecule has 0 bridgehead atoms. The van der Waals surface area contributed by atoms with E-state index in [1.165, 1.54) is 6.92 Å². The maximum absolute atomic E-state index is 11.8. The third-order valence-electron chi connectivity index (χ3n) is 3.39. The Morgan fingerprint density at radius 1 is 1.53 bits per heavy atom. The maximum atomic E-state index is 11.8. The summed E-state index contributed by atoms with van der Waals surface area (Å²) in [7, 11) is 0. The molecule has 0 radical (unpaired) electrons. The van der Waals surface area contributed by atoms with Gasteiger partial charge in [-0.3, -0.25) is 4.79 Å². The molecule has 3 heteroatoms. The van der Waals surface area contributed by atoms with E-state index in [0.29, 0.717) is 0 Å². The molecule has 2 rings (SSSR count). The number of hydrogen-bond acceptors (Lipinski definition) is 2. The molecule has 1 aliphatic rings. The first kappa shape index (κ1) is 11.9. The second-order valence-electron chi connectivity index (χ2n) is 4.48. The third kappa shape index (κ3) is 1.76. The molecule has 1 heterocycles. The summed E-state index contributed by atoms with van der Waals surface area (Å²) in [6, 6.07) is 7.24. The molecule has 0 fully saturated rings. The molecular formula is C14H17NO2. The van der Waals surface area contributed by atoms with Gasteiger partial charge >= 0.3 is 0 Å². The van der Waals surface area contributed by atoms with Crippen molar-refractivity contribution in [2.24, 2.45) is 5.92 Å². The summed E-state index contributed by atoms with van der Waals surface area (Å²) in [4.78, 5) is 13.4. The summed E-state index contributed by atoms with van der Waals surface area (Å²) in [6.45, 7) is 7.23. The Morgan fingerprint density at radius 3 is 2.76 bits per heavy atom. The molecule has 1 aromatic carbocycles. The second kappa shape index (κ2) is 4.34. The summed E-state index contributed by atoms with van der Waals surface area (Å²) in [6.07, 6.45) is 1.14. The summed E-state index contributed by atoms with van der Waals surface area (Å²) < 4.78 is 0. The molecule has 0 saturated carbocycles. The number of aliphatic hydroxyl groups is 1. The first-order valence-electron chi connectivity index (χ1n) is 5.77. The van der Waals surface area contributed by atoms with Crippen molar-refractivity contribution in [3.05, 3.63) is 42.5 Å². The van der Waals surface area contributed by atoms with E-state index >= 15 is 0 Å². The number of anilines is 1. The van der Waals surface area contributed by atoms with Crippen LogP contribution < -0.4 is 4.90 Å². The molecule has 0 spiro atoms. The summed E-state index contributed by atoms with van der Waals surface area (Å²) >= 11 is 0. The van der Waals surface area contributed by atoms with Crippen molar-refractivity contribution in [3.8, 4) is 0 Å². The highest BCUT2D eigenvalue weighted by Gasteiger charge is 2.41. The molecule has 1 aliphatic heterocycles. The lowest BCUT2D eigenvalue weighted by Gasteiger charge is -2.29. The lowest BCUT2D eigenvalue weighted by molar-refractivity contribution is -0.117. The van der Waals surface area contributed by atoms with E-state index in [9.17, 15) is 9.90 Å². The highest BCUT2D eigenvalue weighted by Crippen LogP contribution is 2.42. The third-order valence-corrected chi connectivity index (χ3v) is 3.39. The van der Waals surface area contributed by atoms with Crippen LogP contribution in [-0.4, -0.2) is 17.1 Å². The number of fused-ring (bicyclic) bond motifs is 1. The molecule has 0 aliphatic carbocycles. The molecule has 3 atom stereocenters. The van der Waals surface area contributed by atoms with Gasteiger partial charge in [0, 0.05) is 18.2 Å². The van der Waals surface area contributed by atoms with Gasteiger partial charge in [0.2, 0.25) is 5.91 Å². The predicted molar refractivity (Wildman–Crippen MR) is 67.7 cm³/mol. The lowest BCUT2D eigenvalue weighted by Crippen LogP contribution is -2.41. The standard InChI is InChI=1S/C14H17NO2/c1-4-9(2)13-14(17)11-7-5-6-8-12(11)15(13)10(3)16/h4-9,13-14,17H,1H2,2-3H3/t9-,13+,14+/m0/s1. The van der Waals surface area contributed by atoms with Gasteiger partial charge in [0.1, 0.15) is 6.10 Å². The smallest absolute Gasteiger partial charge is 0.224 e. The lowest BCUT2D eigenvalue weighted by atomic mass is 9.95. The molecule has 1 aromatic rings. The van der Waals surface area contributed by atoms with E-state index in [-0.39, 0.29) is 17.9 Å². The monoisotopic (exact) mass is 231 g/mol. The number of carbonyl (C=O) groups excluding carboxylic acids is 1. The number of para-hydroxylation sites is 1. The zero-order chi connectivity index (χ0) is 12.6. The second-order valence-corrected chi connectivity index (χ2v) is 4.48. The van der Waals surface area contributed by atoms with Gasteiger partial charge in [0.15, 0.2) is 0 Å². The fourth-order valence-corrected chi connectivity index (χ4v) is 2.48. The SMILES string of the molecule is C=C[C@H](C)[C@@H]1[C@H](O)c2ccccc2N1C(C)=O. The van der Waals surface area contributed by atoms with E-state index in [4.69, 9.17) is 0 Å². The van der Waals surface area contributed by atoms with Gasteiger partial charge in [-0.2, -0.15) is 0 Å². The largest absolute Gasteiger partial charge is 0.386 e. The zero-order valence-electron chi connectivity index (χ0n) is 10.1. The van der Waals surface area contributed by atoms with Crippen molar-refractivity contribution >= 4 is 11.6 Å². The number of rotatable bonds is 2. The highest BCUT2D eigenvalue weighted by atomic mass is 16.3. The van der Waals surface area contributed by atoms with Crippen molar-refractivity contribution in [2.45, 2.75) is 26.0 Å². The molecular weight excluding hydrogens is 214 g/mol. The van der Waals surface area contributed by atoms with Crippen molar-refractivity contribution < 1.29 is 9.90 Å². The number of amides is 1. The first-order chi connectivity index (χ1) is 8.07. The van der Waals surface area contributed by atoms with Crippen LogP contribution >= 0.6 is 0 Å². The quantitative estimate of drug-likeness (QED) is 0.793. The topological polar surface area (TPSA) is 40.5 Å². The first-order valence-corrected chi connectivity index (χ1v) is 5.77. The Bertz CT molecular complexity index is 455. The van der Waals surface area contributed by atoms with Gasteiger partial charge < -0.3 is 10.0 Å². The van der Waals surface area contributed by atoms with Crippen LogP contribution in [-0.2, 0) is 4.79 Å². The Hall–Kier alpha value is -1.61. The molecule has 17 heavy (non-hydrogen) atoms. The molecule has 0 saturated heterocycles. The van der Waals surface area contributed by atoms with Crippen LogP contribution in [0.2, 0.25) is 0 Å². The number of benzene rings is 1. The Kier molecular flexibility index (Phi) is 3.03. The van der Waals surface area contributed by atoms with Crippen molar-refractivity contribution in [3.63, 3.8) is 0 Å². The summed E-state index contributed by atoms with van der Waals surface area (Å²) in [5.41, 5.74) is 1.63. The van der Waals surface area contributed by atoms with Gasteiger partial charge in [-0.15, -0.1) is 6.58 Å². The van der Waals surface area contributed by atoms with E-state index in [0.717, 1.165) is 11.3 Å². The van der Waals surface area contributed by atoms with Gasteiger partial charge in [0.25, 0.3) is 0 Å². The average Bonchev–Trinajstić information content (AvgIpc) is 2.62. The van der Waals surface area contributed by atoms with Gasteiger partial charge in [-0.1, -0.05) is 31.2 Å². The maximum Gasteiger partial charge on any atom is 0.224 e. The Labute approximate surface area is 101 Å². The van der Waals surface area contributed by atoms with Crippen LogP contribution in [0.4, 0.5) is 5.69 Å². The van der Waals surface area contributed by atoms with Crippen LogP contribution in [0, 0.1) is 5.92 Å². The van der Waals surface area contributed by atoms with Crippen molar-refractivity contribution in [1.29, 1.82) is 0 Å². The average molecular weight is 231 g/mol. The summed E-state index contributed by atoms with van der Waals surface area (Å²) in [5.74, 6) is -0.00556. The molecule has 3 nitrogen and oxygen atoms in total. The predicted octanol–water partition coefficient (Wildman–Crippen LogP) is 2.28. The minimum absolute atomic E-state index is 0.0429. The number of nitrogens with zero attached hydrogens (tertiary/aromatic N) is 1. The molecule has 90 valence electrons. The van der Waals surface area contributed by atoms with Crippen LogP contribution in [0.5, 0.6) is 0 Å². The van der Waals surface area contributed by atoms with Crippen molar-refractivity contribution in [2.75, 3.05) is 4.90 Å².